The topological polar surface area (TPSA) is 91.1 Å². The molecule has 0 N–H and O–H groups in total. The number of thioether (sulfide) groups is 1. The Hall–Kier alpha value is -3.67. The first-order valence-corrected chi connectivity index (χ1v) is 10.6. The van der Waals surface area contributed by atoms with Crippen LogP contribution in [0.15, 0.2) is 63.0 Å². The van der Waals surface area contributed by atoms with Gasteiger partial charge >= 0.3 is 6.18 Å². The highest BCUT2D eigenvalue weighted by Gasteiger charge is 2.31. The molecule has 3 aromatic heterocycles. The van der Waals surface area contributed by atoms with Gasteiger partial charge in [0.1, 0.15) is 0 Å². The van der Waals surface area contributed by atoms with E-state index in [1.54, 1.807) is 36.6 Å². The van der Waals surface area contributed by atoms with Gasteiger partial charge in [-0.25, -0.2) is 0 Å². The highest BCUT2D eigenvalue weighted by atomic mass is 32.2. The average molecular weight is 472 g/mol. The lowest BCUT2D eigenvalue weighted by Gasteiger charge is -2.09. The van der Waals surface area contributed by atoms with Crippen molar-refractivity contribution in [1.82, 2.24) is 29.3 Å². The van der Waals surface area contributed by atoms with Crippen LogP contribution in [-0.2, 0) is 13.2 Å². The Morgan fingerprint density at radius 2 is 1.88 bits per heavy atom. The molecule has 8 nitrogen and oxygen atoms in total. The van der Waals surface area contributed by atoms with Crippen LogP contribution in [0.5, 0.6) is 0 Å². The first-order valence-electron chi connectivity index (χ1n) is 9.75. The number of aromatic nitrogens is 6. The lowest BCUT2D eigenvalue weighted by Crippen LogP contribution is -2.20. The van der Waals surface area contributed by atoms with Gasteiger partial charge in [-0.1, -0.05) is 41.2 Å². The van der Waals surface area contributed by atoms with Crippen molar-refractivity contribution in [3.8, 4) is 11.4 Å². The predicted molar refractivity (Wildman–Crippen MR) is 115 cm³/mol. The second kappa shape index (κ2) is 7.73. The van der Waals surface area contributed by atoms with Crippen molar-refractivity contribution >= 4 is 28.4 Å². The van der Waals surface area contributed by atoms with Crippen LogP contribution in [0.1, 0.15) is 23.6 Å². The maximum Gasteiger partial charge on any atom is 0.416 e. The lowest BCUT2D eigenvalue weighted by molar-refractivity contribution is -0.137. The molecule has 0 saturated carbocycles. The first kappa shape index (κ1) is 21.2. The van der Waals surface area contributed by atoms with Crippen molar-refractivity contribution in [2.45, 2.75) is 23.5 Å². The fourth-order valence-electron chi connectivity index (χ4n) is 3.45. The van der Waals surface area contributed by atoms with E-state index in [4.69, 9.17) is 4.52 Å². The van der Waals surface area contributed by atoms with E-state index in [1.807, 2.05) is 6.07 Å². The molecule has 0 aliphatic carbocycles. The Balaban J connectivity index is 1.49. The minimum Gasteiger partial charge on any atom is -0.338 e. The van der Waals surface area contributed by atoms with Crippen LogP contribution < -0.4 is 5.56 Å². The van der Waals surface area contributed by atoms with Crippen LogP contribution in [0.4, 0.5) is 13.2 Å². The van der Waals surface area contributed by atoms with Crippen LogP contribution in [0.25, 0.3) is 28.1 Å². The van der Waals surface area contributed by atoms with E-state index >= 15 is 0 Å². The molecule has 0 bridgehead atoms. The second-order valence-electron chi connectivity index (χ2n) is 7.29. The SMILES string of the molecule is CC(Sc1nnc2n(C)c(=O)c3ccccc3n12)c1nc(-c2cccc(C(F)(F)F)c2)no1. The number of aryl methyl sites for hydroxylation is 1. The van der Waals surface area contributed by atoms with Gasteiger partial charge in [-0.05, 0) is 31.2 Å². The van der Waals surface area contributed by atoms with Gasteiger partial charge in [0.15, 0.2) is 5.16 Å². The Morgan fingerprint density at radius 1 is 1.09 bits per heavy atom. The number of rotatable bonds is 4. The number of benzene rings is 2. The van der Waals surface area contributed by atoms with E-state index in [0.29, 0.717) is 21.8 Å². The normalized spacial score (nSPS) is 13.1. The molecule has 1 atom stereocenters. The third kappa shape index (κ3) is 3.65. The van der Waals surface area contributed by atoms with Gasteiger partial charge < -0.3 is 4.52 Å². The molecule has 12 heteroatoms. The van der Waals surface area contributed by atoms with Crippen LogP contribution >= 0.6 is 11.8 Å². The van der Waals surface area contributed by atoms with Gasteiger partial charge in [0.05, 0.1) is 21.7 Å². The molecule has 0 spiro atoms. The van der Waals surface area contributed by atoms with E-state index in [1.165, 1.54) is 28.5 Å². The fraction of sp³-hybridized carbons (Fsp3) is 0.190. The lowest BCUT2D eigenvalue weighted by atomic mass is 10.1. The van der Waals surface area contributed by atoms with E-state index in [0.717, 1.165) is 12.1 Å². The molecule has 0 radical (unpaired) electrons. The van der Waals surface area contributed by atoms with E-state index in [9.17, 15) is 18.0 Å². The minimum absolute atomic E-state index is 0.0579. The van der Waals surface area contributed by atoms with Crippen LogP contribution in [0.3, 0.4) is 0 Å². The smallest absolute Gasteiger partial charge is 0.338 e. The van der Waals surface area contributed by atoms with Gasteiger partial charge in [0.2, 0.25) is 17.5 Å². The quantitative estimate of drug-likeness (QED) is 0.356. The van der Waals surface area contributed by atoms with E-state index < -0.39 is 11.7 Å². The van der Waals surface area contributed by atoms with Crippen molar-refractivity contribution in [3.05, 3.63) is 70.3 Å². The predicted octanol–water partition coefficient (Wildman–Crippen LogP) is 4.50. The maximum absolute atomic E-state index is 13.0. The van der Waals surface area contributed by atoms with Crippen molar-refractivity contribution in [1.29, 1.82) is 0 Å². The van der Waals surface area contributed by atoms with Crippen LogP contribution in [0.2, 0.25) is 0 Å². The highest BCUT2D eigenvalue weighted by molar-refractivity contribution is 7.99. The highest BCUT2D eigenvalue weighted by Crippen LogP contribution is 2.35. The first-order chi connectivity index (χ1) is 15.7. The number of hydrogen-bond donors (Lipinski definition) is 0. The molecule has 0 aliphatic rings. The summed E-state index contributed by atoms with van der Waals surface area (Å²) in [7, 11) is 1.62. The maximum atomic E-state index is 13.0. The molecule has 0 aliphatic heterocycles. The van der Waals surface area contributed by atoms with E-state index in [2.05, 4.69) is 20.3 Å². The number of fused-ring (bicyclic) bond motifs is 3. The summed E-state index contributed by atoms with van der Waals surface area (Å²) in [5, 5.41) is 12.8. The second-order valence-corrected chi connectivity index (χ2v) is 8.60. The molecule has 0 amide bonds. The van der Waals surface area contributed by atoms with Crippen molar-refractivity contribution < 1.29 is 17.7 Å². The summed E-state index contributed by atoms with van der Waals surface area (Å²) in [5.74, 6) is 0.657. The summed E-state index contributed by atoms with van der Waals surface area (Å²) >= 11 is 1.28. The largest absolute Gasteiger partial charge is 0.416 e. The Bertz CT molecular complexity index is 1560. The zero-order valence-corrected chi connectivity index (χ0v) is 18.1. The zero-order valence-electron chi connectivity index (χ0n) is 17.2. The van der Waals surface area contributed by atoms with Gasteiger partial charge in [0.25, 0.3) is 5.56 Å². The summed E-state index contributed by atoms with van der Waals surface area (Å²) in [6.07, 6.45) is -4.47. The Labute approximate surface area is 188 Å². The minimum atomic E-state index is -4.47. The van der Waals surface area contributed by atoms with Crippen LogP contribution in [-0.4, -0.2) is 29.3 Å². The summed E-state index contributed by atoms with van der Waals surface area (Å²) in [5.41, 5.74) is -0.115. The fourth-order valence-corrected chi connectivity index (χ4v) is 4.33. The molecule has 1 unspecified atom stereocenters. The standard InChI is InChI=1S/C21H15F3N6O2S/c1-11(17-25-16(28-32-17)12-6-5-7-13(10-12)21(22,23)24)33-20-27-26-19-29(2)18(31)14-8-3-4-9-15(14)30(19)20/h3-11H,1-2H3. The Morgan fingerprint density at radius 3 is 2.67 bits per heavy atom. The number of hydrogen-bond acceptors (Lipinski definition) is 7. The molecule has 33 heavy (non-hydrogen) atoms. The molecule has 168 valence electrons. The van der Waals surface area contributed by atoms with Gasteiger partial charge in [0, 0.05) is 12.6 Å². The number of halogens is 3. The zero-order chi connectivity index (χ0) is 23.3. The van der Waals surface area contributed by atoms with Gasteiger partial charge in [-0.2, -0.15) is 18.2 Å². The molecular weight excluding hydrogens is 457 g/mol. The number of para-hydroxylation sites is 1. The molecule has 5 rings (SSSR count). The number of alkyl halides is 3. The average Bonchev–Trinajstić information content (AvgIpc) is 3.45. The molecular formula is C21H15F3N6O2S. The summed E-state index contributed by atoms with van der Waals surface area (Å²) in [6, 6.07) is 11.9. The molecule has 5 aromatic rings. The third-order valence-electron chi connectivity index (χ3n) is 5.12. The molecule has 2 aromatic carbocycles. The van der Waals surface area contributed by atoms with Gasteiger partial charge in [-0.3, -0.25) is 13.8 Å². The van der Waals surface area contributed by atoms with E-state index in [-0.39, 0.29) is 28.1 Å². The molecule has 0 fully saturated rings. The molecule has 3 heterocycles. The summed E-state index contributed by atoms with van der Waals surface area (Å²) < 4.78 is 47.6. The molecule has 0 saturated heterocycles. The van der Waals surface area contributed by atoms with Crippen LogP contribution in [0, 0.1) is 0 Å². The summed E-state index contributed by atoms with van der Waals surface area (Å²) in [4.78, 5) is 16.9. The Kier molecular flexibility index (Phi) is 4.96. The summed E-state index contributed by atoms with van der Waals surface area (Å²) in [6.45, 7) is 1.80. The van der Waals surface area contributed by atoms with Crippen molar-refractivity contribution in [3.63, 3.8) is 0 Å². The van der Waals surface area contributed by atoms with Crippen molar-refractivity contribution in [2.24, 2.45) is 7.05 Å². The number of nitrogens with zero attached hydrogens (tertiary/aromatic N) is 6. The van der Waals surface area contributed by atoms with Crippen molar-refractivity contribution in [2.75, 3.05) is 0 Å². The van der Waals surface area contributed by atoms with Gasteiger partial charge in [-0.15, -0.1) is 10.2 Å². The monoisotopic (exact) mass is 472 g/mol. The third-order valence-corrected chi connectivity index (χ3v) is 6.15.